The molecule has 0 unspecified atom stereocenters. The van der Waals surface area contributed by atoms with Crippen LogP contribution in [0.4, 0.5) is 5.69 Å². The summed E-state index contributed by atoms with van der Waals surface area (Å²) >= 11 is 0. The Morgan fingerprint density at radius 1 is 1.23 bits per heavy atom. The molecule has 4 N–H and O–H groups in total. The molecule has 0 fully saturated rings. The average molecular weight is 182 g/mol. The summed E-state index contributed by atoms with van der Waals surface area (Å²) in [6.45, 7) is 4.00. The van der Waals surface area contributed by atoms with E-state index in [1.54, 1.807) is 0 Å². The van der Waals surface area contributed by atoms with Crippen LogP contribution in [0.1, 0.15) is 22.6 Å². The summed E-state index contributed by atoms with van der Waals surface area (Å²) in [5.41, 5.74) is 11.1. The molecule has 1 rings (SSSR count). The highest BCUT2D eigenvalue weighted by Crippen LogP contribution is 2.07. The van der Waals surface area contributed by atoms with Crippen LogP contribution in [-0.2, 0) is 0 Å². The molecule has 3 heteroatoms. The van der Waals surface area contributed by atoms with Gasteiger partial charge in [-0.2, -0.15) is 0 Å². The summed E-state index contributed by atoms with van der Waals surface area (Å²) in [5, 5.41) is 0. The molecule has 3 nitrogen and oxygen atoms in total. The normalized spacial score (nSPS) is 7.77. The number of hydrogen-bond donors (Lipinski definition) is 2. The van der Waals surface area contributed by atoms with E-state index >= 15 is 0 Å². The lowest BCUT2D eigenvalue weighted by atomic mass is 10.3. The van der Waals surface area contributed by atoms with Gasteiger partial charge in [-0.15, -0.1) is 0 Å². The maximum Gasteiger partial charge on any atom is 0.191 e. The smallest absolute Gasteiger partial charge is 0.191 e. The molecule has 0 bridgehead atoms. The van der Waals surface area contributed by atoms with E-state index in [1.807, 2.05) is 44.2 Å². The second kappa shape index (κ2) is 8.59. The first-order valence-corrected chi connectivity index (χ1v) is 3.94. The van der Waals surface area contributed by atoms with E-state index in [1.165, 1.54) is 7.40 Å². The largest absolute Gasteiger partial charge is 0.370 e. The van der Waals surface area contributed by atoms with Crippen molar-refractivity contribution in [3.63, 3.8) is 0 Å². The SMILES string of the molecule is CC.NC(N)=Nc1ccccc1.[2H]C. The van der Waals surface area contributed by atoms with Gasteiger partial charge in [0.2, 0.25) is 0 Å². The van der Waals surface area contributed by atoms with E-state index < -0.39 is 0 Å². The number of nitrogens with two attached hydrogens (primary N) is 2. The lowest BCUT2D eigenvalue weighted by molar-refractivity contribution is 1.42. The van der Waals surface area contributed by atoms with Gasteiger partial charge in [0, 0.05) is 1.37 Å². The first kappa shape index (κ1) is 11.5. The Kier molecular flexibility index (Phi) is 7.59. The van der Waals surface area contributed by atoms with E-state index in [0.29, 0.717) is 0 Å². The number of rotatable bonds is 1. The minimum atomic E-state index is 0.0891. The third-order valence-corrected chi connectivity index (χ3v) is 1.01. The molecule has 0 aromatic heterocycles. The Labute approximate surface area is 81.9 Å². The molecule has 0 saturated carbocycles. The maximum atomic E-state index is 5.75. The van der Waals surface area contributed by atoms with Gasteiger partial charge < -0.3 is 11.5 Å². The molecule has 74 valence electrons. The summed E-state index contributed by atoms with van der Waals surface area (Å²) in [6, 6.07) is 9.33. The highest BCUT2D eigenvalue weighted by Gasteiger charge is 1.83. The minimum absolute atomic E-state index is 0.0891. The summed E-state index contributed by atoms with van der Waals surface area (Å²) in [5.74, 6) is 0.0891. The van der Waals surface area contributed by atoms with Crippen LogP contribution < -0.4 is 11.5 Å². The highest BCUT2D eigenvalue weighted by molar-refractivity contribution is 5.78. The number of para-hydroxylation sites is 1. The summed E-state index contributed by atoms with van der Waals surface area (Å²) in [7, 11) is 1.25. The Balaban J connectivity index is 0. The number of benzene rings is 1. The molecule has 0 aliphatic rings. The molecular formula is C10H19N3. The van der Waals surface area contributed by atoms with Gasteiger partial charge in [-0.25, -0.2) is 4.99 Å². The van der Waals surface area contributed by atoms with E-state index in [9.17, 15) is 0 Å². The lowest BCUT2D eigenvalue weighted by Crippen LogP contribution is -2.21. The van der Waals surface area contributed by atoms with Gasteiger partial charge in [0.25, 0.3) is 0 Å². The molecule has 0 atom stereocenters. The monoisotopic (exact) mass is 182 g/mol. The van der Waals surface area contributed by atoms with Crippen molar-refractivity contribution in [1.29, 1.82) is 0 Å². The molecule has 13 heavy (non-hydrogen) atoms. The topological polar surface area (TPSA) is 64.4 Å². The van der Waals surface area contributed by atoms with Crippen molar-refractivity contribution < 1.29 is 1.37 Å². The maximum absolute atomic E-state index is 5.75. The molecule has 0 amide bonds. The second-order valence-corrected chi connectivity index (χ2v) is 1.87. The van der Waals surface area contributed by atoms with E-state index in [-0.39, 0.29) is 5.96 Å². The zero-order chi connectivity index (χ0) is 11.4. The first-order chi connectivity index (χ1) is 6.79. The number of nitrogens with zero attached hydrogens (tertiary/aromatic N) is 1. The zero-order valence-electron chi connectivity index (χ0n) is 9.49. The van der Waals surface area contributed by atoms with Crippen LogP contribution in [0.3, 0.4) is 0 Å². The Bertz CT molecular complexity index is 230. The molecule has 0 saturated heterocycles. The quantitative estimate of drug-likeness (QED) is 0.517. The van der Waals surface area contributed by atoms with Crippen molar-refractivity contribution in [2.45, 2.75) is 21.3 Å². The van der Waals surface area contributed by atoms with Crippen LogP contribution in [-0.4, -0.2) is 5.96 Å². The van der Waals surface area contributed by atoms with E-state index in [0.717, 1.165) is 5.69 Å². The number of hydrogen-bond acceptors (Lipinski definition) is 1. The zero-order valence-corrected chi connectivity index (χ0v) is 8.49. The van der Waals surface area contributed by atoms with Crippen LogP contribution in [0, 0.1) is 0 Å². The molecule has 1 aromatic carbocycles. The van der Waals surface area contributed by atoms with Crippen LogP contribution in [0.2, 0.25) is 0 Å². The van der Waals surface area contributed by atoms with Crippen molar-refractivity contribution in [3.8, 4) is 0 Å². The standard InChI is InChI=1S/C7H9N3.C2H6.CH4/c8-7(9)10-6-4-2-1-3-5-6;1-2;/h1-5H,(H4,8,9,10);1-2H3;1H4/i;;1D. The summed E-state index contributed by atoms with van der Waals surface area (Å²) < 4.78 is 5.75. The molecule has 0 heterocycles. The molecule has 1 aromatic rings. The van der Waals surface area contributed by atoms with Gasteiger partial charge in [-0.3, -0.25) is 0 Å². The van der Waals surface area contributed by atoms with Crippen LogP contribution in [0.25, 0.3) is 0 Å². The molecule has 0 aliphatic heterocycles. The third-order valence-electron chi connectivity index (χ3n) is 1.01. The van der Waals surface area contributed by atoms with Crippen molar-refractivity contribution in [2.75, 3.05) is 0 Å². The Morgan fingerprint density at radius 2 is 1.69 bits per heavy atom. The Hall–Kier alpha value is -1.51. The second-order valence-electron chi connectivity index (χ2n) is 1.87. The van der Waals surface area contributed by atoms with Crippen LogP contribution in [0.15, 0.2) is 35.3 Å². The van der Waals surface area contributed by atoms with Crippen molar-refractivity contribution in [1.82, 2.24) is 0 Å². The van der Waals surface area contributed by atoms with Gasteiger partial charge in [0.05, 0.1) is 5.69 Å². The fourth-order valence-electron chi connectivity index (χ4n) is 0.652. The summed E-state index contributed by atoms with van der Waals surface area (Å²) in [6.07, 6.45) is 0. The van der Waals surface area contributed by atoms with Gasteiger partial charge >= 0.3 is 0 Å². The molecule has 0 radical (unpaired) electrons. The Morgan fingerprint density at radius 3 is 2.08 bits per heavy atom. The fourth-order valence-corrected chi connectivity index (χ4v) is 0.652. The summed E-state index contributed by atoms with van der Waals surface area (Å²) in [4.78, 5) is 3.83. The van der Waals surface area contributed by atoms with Gasteiger partial charge in [-0.1, -0.05) is 39.4 Å². The van der Waals surface area contributed by atoms with Gasteiger partial charge in [-0.05, 0) is 12.1 Å². The van der Waals surface area contributed by atoms with Crippen molar-refractivity contribution in [3.05, 3.63) is 30.3 Å². The lowest BCUT2D eigenvalue weighted by Gasteiger charge is -1.91. The van der Waals surface area contributed by atoms with Gasteiger partial charge in [0.15, 0.2) is 5.96 Å². The van der Waals surface area contributed by atoms with Crippen LogP contribution >= 0.6 is 0 Å². The minimum Gasteiger partial charge on any atom is -0.370 e. The highest BCUT2D eigenvalue weighted by atomic mass is 15.0. The predicted octanol–water partition coefficient (Wildman–Crippen LogP) is 2.25. The van der Waals surface area contributed by atoms with Gasteiger partial charge in [0.1, 0.15) is 0 Å². The molecule has 0 aliphatic carbocycles. The van der Waals surface area contributed by atoms with Crippen LogP contribution in [0.5, 0.6) is 0 Å². The van der Waals surface area contributed by atoms with E-state index in [2.05, 4.69) is 4.99 Å². The number of aliphatic imine (C=N–C) groups is 1. The fraction of sp³-hybridized carbons (Fsp3) is 0.300. The van der Waals surface area contributed by atoms with Crippen molar-refractivity contribution >= 4 is 11.6 Å². The predicted molar refractivity (Wildman–Crippen MR) is 60.0 cm³/mol. The molecule has 0 spiro atoms. The first-order valence-electron chi connectivity index (χ1n) is 4.94. The molecular weight excluding hydrogens is 162 g/mol. The van der Waals surface area contributed by atoms with Crippen molar-refractivity contribution in [2.24, 2.45) is 16.5 Å². The number of guanidine groups is 1. The average Bonchev–Trinajstić information content (AvgIpc) is 2.24. The van der Waals surface area contributed by atoms with E-state index in [4.69, 9.17) is 12.8 Å². The third kappa shape index (κ3) is 6.87.